The first-order valence-electron chi connectivity index (χ1n) is 7.59. The van der Waals surface area contributed by atoms with Crippen molar-refractivity contribution in [2.45, 2.75) is 26.3 Å². The number of benzene rings is 1. The Balaban J connectivity index is 2.05. The van der Waals surface area contributed by atoms with E-state index in [0.29, 0.717) is 40.1 Å². The molecule has 1 amide bonds. The molecular weight excluding hydrogens is 348 g/mol. The number of methoxy groups -OCH3 is 1. The van der Waals surface area contributed by atoms with Gasteiger partial charge in [-0.25, -0.2) is 4.98 Å². The molecule has 0 fully saturated rings. The molecule has 0 aliphatic carbocycles. The van der Waals surface area contributed by atoms with E-state index < -0.39 is 0 Å². The summed E-state index contributed by atoms with van der Waals surface area (Å²) in [6.07, 6.45) is 2.81. The third kappa shape index (κ3) is 3.25. The summed E-state index contributed by atoms with van der Waals surface area (Å²) in [6.45, 7) is 2.31. The summed E-state index contributed by atoms with van der Waals surface area (Å²) in [5.74, 6) is 1.35. The van der Waals surface area contributed by atoms with Crippen LogP contribution in [0.15, 0.2) is 34.9 Å². The van der Waals surface area contributed by atoms with Gasteiger partial charge in [0.15, 0.2) is 5.13 Å². The molecule has 0 aliphatic rings. The summed E-state index contributed by atoms with van der Waals surface area (Å²) >= 11 is 7.66. The Kier molecular flexibility index (Phi) is 5.06. The number of ether oxygens (including phenoxy) is 1. The fourth-order valence-corrected chi connectivity index (χ4v) is 3.66. The zero-order chi connectivity index (χ0) is 17.1. The van der Waals surface area contributed by atoms with Gasteiger partial charge in [0.05, 0.1) is 29.6 Å². The van der Waals surface area contributed by atoms with Crippen molar-refractivity contribution in [3.05, 3.63) is 41.3 Å². The SMILES string of the molecule is CCCC(=O)N(Cc1ccco1)c1nc2c(OC)ccc(Cl)c2s1. The minimum Gasteiger partial charge on any atom is -0.494 e. The van der Waals surface area contributed by atoms with Crippen molar-refractivity contribution in [1.82, 2.24) is 4.98 Å². The fraction of sp³-hybridized carbons (Fsp3) is 0.294. The highest BCUT2D eigenvalue weighted by atomic mass is 35.5. The molecule has 0 unspecified atom stereocenters. The largest absolute Gasteiger partial charge is 0.494 e. The maximum Gasteiger partial charge on any atom is 0.229 e. The molecule has 0 bridgehead atoms. The minimum absolute atomic E-state index is 0.00282. The molecule has 3 rings (SSSR count). The van der Waals surface area contributed by atoms with E-state index in [2.05, 4.69) is 4.98 Å². The average Bonchev–Trinajstić information content (AvgIpc) is 3.23. The van der Waals surface area contributed by atoms with Crippen molar-refractivity contribution in [1.29, 1.82) is 0 Å². The van der Waals surface area contributed by atoms with E-state index in [0.717, 1.165) is 11.1 Å². The molecule has 5 nitrogen and oxygen atoms in total. The van der Waals surface area contributed by atoms with Gasteiger partial charge in [-0.2, -0.15) is 0 Å². The molecule has 7 heteroatoms. The van der Waals surface area contributed by atoms with Gasteiger partial charge in [-0.1, -0.05) is 29.9 Å². The molecule has 2 heterocycles. The average molecular weight is 365 g/mol. The molecule has 3 aromatic rings. The predicted molar refractivity (Wildman–Crippen MR) is 96.0 cm³/mol. The lowest BCUT2D eigenvalue weighted by Gasteiger charge is -2.18. The predicted octanol–water partition coefficient (Wildman–Crippen LogP) is 4.88. The molecule has 1 aromatic carbocycles. The molecular formula is C17H17ClN2O3S. The standard InChI is InChI=1S/C17H17ClN2O3S/c1-3-5-14(21)20(10-11-6-4-9-23-11)17-19-15-13(22-2)8-7-12(18)16(15)24-17/h4,6-9H,3,5,10H2,1-2H3. The smallest absolute Gasteiger partial charge is 0.229 e. The van der Waals surface area contributed by atoms with Crippen LogP contribution in [-0.2, 0) is 11.3 Å². The number of anilines is 1. The molecule has 0 N–H and O–H groups in total. The van der Waals surface area contributed by atoms with Gasteiger partial charge in [0, 0.05) is 6.42 Å². The quantitative estimate of drug-likeness (QED) is 0.625. The van der Waals surface area contributed by atoms with Gasteiger partial charge in [0.25, 0.3) is 0 Å². The van der Waals surface area contributed by atoms with Crippen LogP contribution in [-0.4, -0.2) is 18.0 Å². The highest BCUT2D eigenvalue weighted by Gasteiger charge is 2.22. The number of carbonyl (C=O) groups is 1. The topological polar surface area (TPSA) is 55.6 Å². The van der Waals surface area contributed by atoms with Crippen LogP contribution in [0.2, 0.25) is 5.02 Å². The number of fused-ring (bicyclic) bond motifs is 1. The van der Waals surface area contributed by atoms with Gasteiger partial charge in [-0.15, -0.1) is 0 Å². The Labute approximate surface area is 148 Å². The van der Waals surface area contributed by atoms with Crippen molar-refractivity contribution in [2.75, 3.05) is 12.0 Å². The van der Waals surface area contributed by atoms with Crippen molar-refractivity contribution < 1.29 is 13.9 Å². The molecule has 0 radical (unpaired) electrons. The molecule has 0 atom stereocenters. The van der Waals surface area contributed by atoms with Gasteiger partial charge >= 0.3 is 0 Å². The lowest BCUT2D eigenvalue weighted by atomic mass is 10.3. The van der Waals surface area contributed by atoms with E-state index in [4.69, 9.17) is 20.8 Å². The zero-order valence-electron chi connectivity index (χ0n) is 13.4. The maximum absolute atomic E-state index is 12.6. The third-order valence-electron chi connectivity index (χ3n) is 3.56. The van der Waals surface area contributed by atoms with E-state index in [9.17, 15) is 4.79 Å². The number of halogens is 1. The number of carbonyl (C=O) groups excluding carboxylic acids is 1. The van der Waals surface area contributed by atoms with E-state index in [1.807, 2.05) is 13.0 Å². The van der Waals surface area contributed by atoms with E-state index in [1.165, 1.54) is 11.3 Å². The Bertz CT molecular complexity index is 845. The first-order chi connectivity index (χ1) is 11.6. The van der Waals surface area contributed by atoms with Crippen molar-refractivity contribution in [2.24, 2.45) is 0 Å². The highest BCUT2D eigenvalue weighted by molar-refractivity contribution is 7.23. The van der Waals surface area contributed by atoms with Crippen LogP contribution in [0.4, 0.5) is 5.13 Å². The van der Waals surface area contributed by atoms with Crippen LogP contribution < -0.4 is 9.64 Å². The molecule has 2 aromatic heterocycles. The van der Waals surface area contributed by atoms with Crippen LogP contribution in [0.25, 0.3) is 10.2 Å². The van der Waals surface area contributed by atoms with Gasteiger partial charge in [0.2, 0.25) is 5.91 Å². The van der Waals surface area contributed by atoms with Gasteiger partial charge in [-0.05, 0) is 30.7 Å². The third-order valence-corrected chi connectivity index (χ3v) is 5.10. The number of thiazole rings is 1. The van der Waals surface area contributed by atoms with Crippen molar-refractivity contribution in [3.63, 3.8) is 0 Å². The molecule has 0 spiro atoms. The van der Waals surface area contributed by atoms with Crippen LogP contribution >= 0.6 is 22.9 Å². The van der Waals surface area contributed by atoms with E-state index >= 15 is 0 Å². The molecule has 0 saturated heterocycles. The molecule has 24 heavy (non-hydrogen) atoms. The lowest BCUT2D eigenvalue weighted by Crippen LogP contribution is -2.29. The minimum atomic E-state index is 0.00282. The van der Waals surface area contributed by atoms with E-state index in [1.54, 1.807) is 36.5 Å². The second-order valence-corrected chi connectivity index (χ2v) is 6.62. The summed E-state index contributed by atoms with van der Waals surface area (Å²) in [6, 6.07) is 7.19. The Morgan fingerprint density at radius 2 is 2.25 bits per heavy atom. The van der Waals surface area contributed by atoms with Gasteiger partial charge in [0.1, 0.15) is 17.0 Å². The summed E-state index contributed by atoms with van der Waals surface area (Å²) < 4.78 is 11.5. The lowest BCUT2D eigenvalue weighted by molar-refractivity contribution is -0.118. The normalized spacial score (nSPS) is 11.0. The number of hydrogen-bond donors (Lipinski definition) is 0. The monoisotopic (exact) mass is 364 g/mol. The number of aromatic nitrogens is 1. The zero-order valence-corrected chi connectivity index (χ0v) is 15.0. The number of hydrogen-bond acceptors (Lipinski definition) is 5. The highest BCUT2D eigenvalue weighted by Crippen LogP contribution is 2.39. The van der Waals surface area contributed by atoms with Crippen molar-refractivity contribution in [3.8, 4) is 5.75 Å². The maximum atomic E-state index is 12.6. The number of nitrogens with zero attached hydrogens (tertiary/aromatic N) is 2. The Morgan fingerprint density at radius 1 is 1.42 bits per heavy atom. The van der Waals surface area contributed by atoms with Gasteiger partial charge in [-0.3, -0.25) is 9.69 Å². The molecule has 0 aliphatic heterocycles. The first-order valence-corrected chi connectivity index (χ1v) is 8.79. The van der Waals surface area contributed by atoms with Gasteiger partial charge < -0.3 is 9.15 Å². The molecule has 0 saturated carbocycles. The summed E-state index contributed by atoms with van der Waals surface area (Å²) in [4.78, 5) is 18.8. The second-order valence-electron chi connectivity index (χ2n) is 5.23. The Morgan fingerprint density at radius 3 is 2.92 bits per heavy atom. The first kappa shape index (κ1) is 16.8. The van der Waals surface area contributed by atoms with Crippen LogP contribution in [0, 0.1) is 0 Å². The fourth-order valence-electron chi connectivity index (χ4n) is 2.39. The van der Waals surface area contributed by atoms with Crippen LogP contribution in [0.3, 0.4) is 0 Å². The summed E-state index contributed by atoms with van der Waals surface area (Å²) in [7, 11) is 1.59. The van der Waals surface area contributed by atoms with Crippen molar-refractivity contribution >= 4 is 44.2 Å². The Hall–Kier alpha value is -2.05. The summed E-state index contributed by atoms with van der Waals surface area (Å²) in [5.41, 5.74) is 0.666. The van der Waals surface area contributed by atoms with Crippen LogP contribution in [0.1, 0.15) is 25.5 Å². The second kappa shape index (κ2) is 7.23. The van der Waals surface area contributed by atoms with Crippen LogP contribution in [0.5, 0.6) is 5.75 Å². The van der Waals surface area contributed by atoms with E-state index in [-0.39, 0.29) is 5.91 Å². The summed E-state index contributed by atoms with van der Waals surface area (Å²) in [5, 5.41) is 1.18. The number of amides is 1. The molecule has 126 valence electrons. The number of furan rings is 1. The number of rotatable bonds is 6.